The number of fused-ring (bicyclic) bond motifs is 6. The van der Waals surface area contributed by atoms with Gasteiger partial charge in [0, 0.05) is 17.3 Å². The van der Waals surface area contributed by atoms with Crippen LogP contribution in [0.3, 0.4) is 0 Å². The predicted octanol–water partition coefficient (Wildman–Crippen LogP) is 16.4. The molecule has 0 saturated heterocycles. The summed E-state index contributed by atoms with van der Waals surface area (Å²) in [6.07, 6.45) is 7.58. The van der Waals surface area contributed by atoms with E-state index in [1.807, 2.05) is 42.5 Å². The van der Waals surface area contributed by atoms with Crippen LogP contribution in [0.4, 0.5) is 0 Å². The number of hydrogen-bond acceptors (Lipinski definition) is 3. The zero-order chi connectivity index (χ0) is 45.4. The van der Waals surface area contributed by atoms with E-state index in [-0.39, 0.29) is 33.1 Å². The number of ether oxygens (including phenoxy) is 3. The van der Waals surface area contributed by atoms with Crippen molar-refractivity contribution in [1.29, 1.82) is 0 Å². The van der Waals surface area contributed by atoms with Gasteiger partial charge in [0.25, 0.3) is 0 Å². The van der Waals surface area contributed by atoms with Gasteiger partial charge in [-0.3, -0.25) is 0 Å². The fourth-order valence-corrected chi connectivity index (χ4v) is 9.56. The average Bonchev–Trinajstić information content (AvgIpc) is 4.14. The van der Waals surface area contributed by atoms with Crippen molar-refractivity contribution in [3.05, 3.63) is 243 Å². The van der Waals surface area contributed by atoms with Crippen molar-refractivity contribution >= 4 is 0 Å². The maximum Gasteiger partial charge on any atom is 0.231 e. The summed E-state index contributed by atoms with van der Waals surface area (Å²) in [5.74, 6) is 2.76. The van der Waals surface area contributed by atoms with Crippen LogP contribution in [0.2, 0.25) is 0 Å². The predicted molar refractivity (Wildman–Crippen MR) is 288 cm³/mol. The van der Waals surface area contributed by atoms with Crippen molar-refractivity contribution < 1.29 is 14.2 Å². The summed E-state index contributed by atoms with van der Waals surface area (Å²) in [4.78, 5) is 0. The van der Waals surface area contributed by atoms with Gasteiger partial charge in [-0.05, 0) is 132 Å². The minimum atomic E-state index is 0. The molecule has 0 aromatic heterocycles. The van der Waals surface area contributed by atoms with Gasteiger partial charge >= 0.3 is 0 Å². The first-order valence-electron chi connectivity index (χ1n) is 22.8. The largest absolute Gasteiger partial charge is 0.493 e. The fourth-order valence-electron chi connectivity index (χ4n) is 9.56. The molecule has 4 aliphatic carbocycles. The standard InChI is InChI=1S/C13H16.C12H14.C11H12.C10H10.C8H8O.C7H6O2.3CH4/c1-9-6-5-7-11-8-10(2)13(3,4)12(9)11;1-9-8-10-6-4-5-7-11(10)12(9,2)3;1-8-6-10-5-3-4-9(2)11(10)7-8;1-8-6-9-4-2-3-5-10(9)7-8;1-2-4-8-7(3-1)5-6-9-8;1-2-4-7-6(3-1)8-5-9-7;;;/h5-7H,2,8H2,1,3-4H3;4-7H,1,8H2,2-3H3;3-5H,1,6-7H2,2H3;2-5H,1,6-7H2;1-4H,5-6H2;1-4H,5H2;3*1H4. The van der Waals surface area contributed by atoms with Crippen molar-refractivity contribution in [1.82, 2.24) is 0 Å². The lowest BCUT2D eigenvalue weighted by Crippen LogP contribution is -2.15. The molecule has 352 valence electrons. The van der Waals surface area contributed by atoms with Crippen molar-refractivity contribution in [3.8, 4) is 17.2 Å². The van der Waals surface area contributed by atoms with E-state index in [0.717, 1.165) is 68.8 Å². The zero-order valence-electron chi connectivity index (χ0n) is 39.1. The summed E-state index contributed by atoms with van der Waals surface area (Å²) in [7, 11) is 0. The van der Waals surface area contributed by atoms with Crippen LogP contribution in [0.1, 0.15) is 111 Å². The van der Waals surface area contributed by atoms with Crippen LogP contribution < -0.4 is 14.2 Å². The molecule has 0 saturated carbocycles. The molecule has 2 aliphatic heterocycles. The minimum Gasteiger partial charge on any atom is -0.493 e. The van der Waals surface area contributed by atoms with E-state index in [0.29, 0.717) is 6.79 Å². The summed E-state index contributed by atoms with van der Waals surface area (Å²) in [5, 5.41) is 0. The molecule has 0 spiro atoms. The second-order valence-corrected chi connectivity index (χ2v) is 18.8. The smallest absolute Gasteiger partial charge is 0.231 e. The Morgan fingerprint density at radius 1 is 0.403 bits per heavy atom. The van der Waals surface area contributed by atoms with Gasteiger partial charge < -0.3 is 14.2 Å². The molecule has 0 unspecified atom stereocenters. The fraction of sp³-hybridized carbons (Fsp3) is 0.312. The SMILES string of the molecule is C.C.C.C=C1Cc2cccc(C)c2C1.C=C1Cc2cccc(C)c2C1(C)C.C=C1Cc2ccccc2C1.C=C1Cc2ccccc2C1(C)C.c1ccc2c(c1)CCO2.c1ccc2c(c1)OCO2. The molecule has 2 heterocycles. The second-order valence-electron chi connectivity index (χ2n) is 18.8. The van der Waals surface area contributed by atoms with E-state index in [4.69, 9.17) is 14.2 Å². The highest BCUT2D eigenvalue weighted by atomic mass is 16.7. The Balaban J connectivity index is 0.000000175. The Labute approximate surface area is 406 Å². The van der Waals surface area contributed by atoms with Gasteiger partial charge in [0.05, 0.1) is 6.61 Å². The Kier molecular flexibility index (Phi) is 18.6. The number of aryl methyl sites for hydroxylation is 2. The van der Waals surface area contributed by atoms with Crippen molar-refractivity contribution in [3.63, 3.8) is 0 Å². The highest BCUT2D eigenvalue weighted by molar-refractivity contribution is 5.53. The minimum absolute atomic E-state index is 0. The number of hydrogen-bond donors (Lipinski definition) is 0. The van der Waals surface area contributed by atoms with Gasteiger partial charge in [-0.1, -0.05) is 214 Å². The second kappa shape index (κ2) is 23.4. The van der Waals surface area contributed by atoms with Gasteiger partial charge in [0.15, 0.2) is 11.5 Å². The maximum absolute atomic E-state index is 5.30. The van der Waals surface area contributed by atoms with Gasteiger partial charge in [-0.15, -0.1) is 0 Å². The molecule has 0 fully saturated rings. The monoisotopic (exact) mass is 895 g/mol. The molecule has 3 heteroatoms. The van der Waals surface area contributed by atoms with Gasteiger partial charge in [-0.2, -0.15) is 0 Å². The van der Waals surface area contributed by atoms with Gasteiger partial charge in [-0.25, -0.2) is 0 Å². The van der Waals surface area contributed by atoms with Gasteiger partial charge in [0.2, 0.25) is 6.79 Å². The van der Waals surface area contributed by atoms with E-state index >= 15 is 0 Å². The van der Waals surface area contributed by atoms with E-state index < -0.39 is 0 Å². The normalized spacial score (nSPS) is 15.7. The van der Waals surface area contributed by atoms with Crippen LogP contribution in [0, 0.1) is 13.8 Å². The first-order chi connectivity index (χ1) is 30.7. The molecular weight excluding hydrogens is 817 g/mol. The Bertz CT molecular complexity index is 2550. The first kappa shape index (κ1) is 53.3. The molecule has 12 rings (SSSR count). The summed E-state index contributed by atoms with van der Waals surface area (Å²) >= 11 is 0. The summed E-state index contributed by atoms with van der Waals surface area (Å²) in [6, 6.07) is 46.1. The third-order valence-electron chi connectivity index (χ3n) is 13.5. The molecule has 3 nitrogen and oxygen atoms in total. The first-order valence-corrected chi connectivity index (χ1v) is 22.8. The maximum atomic E-state index is 5.30. The number of allylic oxidation sites excluding steroid dienone is 4. The van der Waals surface area contributed by atoms with E-state index in [9.17, 15) is 0 Å². The third-order valence-corrected chi connectivity index (χ3v) is 13.5. The molecule has 0 bridgehead atoms. The summed E-state index contributed by atoms with van der Waals surface area (Å²) in [5.41, 5.74) is 21.7. The van der Waals surface area contributed by atoms with Crippen molar-refractivity contribution in [2.24, 2.45) is 0 Å². The molecule has 0 radical (unpaired) electrons. The lowest BCUT2D eigenvalue weighted by molar-refractivity contribution is 0.174. The quantitative estimate of drug-likeness (QED) is 0.142. The molecule has 0 amide bonds. The van der Waals surface area contributed by atoms with Crippen LogP contribution >= 0.6 is 0 Å². The zero-order valence-corrected chi connectivity index (χ0v) is 39.1. The molecule has 0 N–H and O–H groups in total. The van der Waals surface area contributed by atoms with E-state index in [2.05, 4.69) is 159 Å². The molecular formula is C64H78O3. The highest BCUT2D eigenvalue weighted by Gasteiger charge is 2.34. The van der Waals surface area contributed by atoms with Crippen LogP contribution in [-0.2, 0) is 55.8 Å². The number of rotatable bonds is 0. The third kappa shape index (κ3) is 12.6. The summed E-state index contributed by atoms with van der Waals surface area (Å²) < 4.78 is 15.5. The molecule has 6 aromatic carbocycles. The molecule has 6 aromatic rings. The topological polar surface area (TPSA) is 27.7 Å². The average molecular weight is 895 g/mol. The van der Waals surface area contributed by atoms with Crippen molar-refractivity contribution in [2.45, 2.75) is 120 Å². The highest BCUT2D eigenvalue weighted by Crippen LogP contribution is 2.43. The van der Waals surface area contributed by atoms with E-state index in [1.165, 1.54) is 83.5 Å². The molecule has 67 heavy (non-hydrogen) atoms. The number of benzene rings is 6. The molecule has 0 atom stereocenters. The lowest BCUT2D eigenvalue weighted by atomic mass is 9.81. The van der Waals surface area contributed by atoms with Crippen LogP contribution in [0.25, 0.3) is 0 Å². The van der Waals surface area contributed by atoms with Crippen LogP contribution in [0.5, 0.6) is 17.2 Å². The van der Waals surface area contributed by atoms with Crippen LogP contribution in [-0.4, -0.2) is 13.4 Å². The lowest BCUT2D eigenvalue weighted by Gasteiger charge is -2.22. The Morgan fingerprint density at radius 2 is 0.851 bits per heavy atom. The Hall–Kier alpha value is -6.32. The summed E-state index contributed by atoms with van der Waals surface area (Å²) in [6.45, 7) is 30.9. The molecule has 6 aliphatic rings. The Morgan fingerprint density at radius 3 is 1.42 bits per heavy atom. The van der Waals surface area contributed by atoms with Crippen LogP contribution in [0.15, 0.2) is 182 Å². The number of para-hydroxylation sites is 3. The van der Waals surface area contributed by atoms with E-state index in [1.54, 1.807) is 0 Å². The van der Waals surface area contributed by atoms with Gasteiger partial charge in [0.1, 0.15) is 5.75 Å². The van der Waals surface area contributed by atoms with Crippen molar-refractivity contribution in [2.75, 3.05) is 13.4 Å².